The number of allylic oxidation sites excluding steroid dienone is 2. The van der Waals surface area contributed by atoms with E-state index in [1.807, 2.05) is 0 Å². The first kappa shape index (κ1) is 50.8. The van der Waals surface area contributed by atoms with E-state index in [2.05, 4.69) is 49.6 Å². The third kappa shape index (κ3) is 27.9. The van der Waals surface area contributed by atoms with E-state index in [1.165, 1.54) is 64.2 Å². The van der Waals surface area contributed by atoms with E-state index < -0.39 is 55.4 Å². The number of esters is 2. The molecular formula is C45H78O10. The summed E-state index contributed by atoms with van der Waals surface area (Å²) in [5.41, 5.74) is 6.58. The molecule has 2 unspecified atom stereocenters. The van der Waals surface area contributed by atoms with Crippen molar-refractivity contribution >= 4 is 11.9 Å². The summed E-state index contributed by atoms with van der Waals surface area (Å²) >= 11 is 0. The van der Waals surface area contributed by atoms with E-state index in [0.717, 1.165) is 77.0 Å². The number of carbonyl (C=O) groups excluding carboxylic acids is 2. The first-order chi connectivity index (χ1) is 26.8. The lowest BCUT2D eigenvalue weighted by Gasteiger charge is -2.39. The monoisotopic (exact) mass is 779 g/mol. The fourth-order valence-corrected chi connectivity index (χ4v) is 6.32. The zero-order valence-corrected chi connectivity index (χ0v) is 34.5. The molecule has 1 fully saturated rings. The van der Waals surface area contributed by atoms with Crippen LogP contribution in [0.2, 0.25) is 0 Å². The Morgan fingerprint density at radius 1 is 0.582 bits per heavy atom. The van der Waals surface area contributed by atoms with Crippen LogP contribution in [0.15, 0.2) is 35.8 Å². The first-order valence-electron chi connectivity index (χ1n) is 21.9. The smallest absolute Gasteiger partial charge is 0.306 e. The van der Waals surface area contributed by atoms with Crippen molar-refractivity contribution in [2.75, 3.05) is 19.8 Å². The van der Waals surface area contributed by atoms with Gasteiger partial charge in [0.1, 0.15) is 31.0 Å². The SMILES string of the molecule is CCCCCCCC=C=CCCCCCCCC(=O)OC[C@@H](CO[C@@H]1O[C@H](CO)[C@H](O)C(O)C1O)OC(=O)CCCCCCCC=C=CCCCCCCC. The lowest BCUT2D eigenvalue weighted by molar-refractivity contribution is -0.305. The van der Waals surface area contributed by atoms with Gasteiger partial charge in [0.05, 0.1) is 13.2 Å². The molecule has 10 heteroatoms. The van der Waals surface area contributed by atoms with Crippen LogP contribution in [-0.4, -0.2) is 89.0 Å². The minimum atomic E-state index is -1.60. The predicted molar refractivity (Wildman–Crippen MR) is 217 cm³/mol. The molecule has 0 aliphatic carbocycles. The average molecular weight is 779 g/mol. The van der Waals surface area contributed by atoms with Crippen LogP contribution in [0.1, 0.15) is 181 Å². The van der Waals surface area contributed by atoms with Crippen LogP contribution in [0.3, 0.4) is 0 Å². The summed E-state index contributed by atoms with van der Waals surface area (Å²) in [4.78, 5) is 25.3. The van der Waals surface area contributed by atoms with Gasteiger partial charge < -0.3 is 39.4 Å². The summed E-state index contributed by atoms with van der Waals surface area (Å²) in [5, 5.41) is 40.0. The predicted octanol–water partition coefficient (Wildman–Crippen LogP) is 8.86. The zero-order chi connectivity index (χ0) is 40.2. The third-order valence-electron chi connectivity index (χ3n) is 9.86. The standard InChI is InChI=1S/C45H78O10/c1-3-5-7-9-11-13-15-17-19-21-23-25-27-29-31-33-40(47)52-36-38(37-53-45-44(51)43(50)42(49)39(35-46)55-45)54-41(48)34-32-30-28-26-24-22-20-18-16-14-12-10-8-6-4-2/h15-16,19-20,38-39,42-46,49-51H,3-14,21-37H2,1-2H3/t17?,18?,38-,39+,42-,43?,44?,45+/m0/s1. The molecule has 55 heavy (non-hydrogen) atoms. The van der Waals surface area contributed by atoms with Crippen molar-refractivity contribution in [3.63, 3.8) is 0 Å². The van der Waals surface area contributed by atoms with Crippen LogP contribution in [0.5, 0.6) is 0 Å². The van der Waals surface area contributed by atoms with E-state index >= 15 is 0 Å². The summed E-state index contributed by atoms with van der Waals surface area (Å²) < 4.78 is 22.1. The van der Waals surface area contributed by atoms with Crippen LogP contribution in [-0.2, 0) is 28.5 Å². The van der Waals surface area contributed by atoms with E-state index in [-0.39, 0.29) is 26.1 Å². The quantitative estimate of drug-likeness (QED) is 0.0279. The summed E-state index contributed by atoms with van der Waals surface area (Å²) in [6, 6.07) is 0. The van der Waals surface area contributed by atoms with E-state index in [1.54, 1.807) is 0 Å². The number of hydrogen-bond acceptors (Lipinski definition) is 10. The lowest BCUT2D eigenvalue weighted by Crippen LogP contribution is -2.59. The average Bonchev–Trinajstić information content (AvgIpc) is 3.18. The van der Waals surface area contributed by atoms with Crippen LogP contribution in [0.25, 0.3) is 0 Å². The van der Waals surface area contributed by atoms with Crippen molar-refractivity contribution in [2.24, 2.45) is 0 Å². The molecule has 1 aliphatic heterocycles. The first-order valence-corrected chi connectivity index (χ1v) is 21.9. The highest BCUT2D eigenvalue weighted by Crippen LogP contribution is 2.22. The molecule has 4 N–H and O–H groups in total. The van der Waals surface area contributed by atoms with Gasteiger partial charge in [0, 0.05) is 12.8 Å². The van der Waals surface area contributed by atoms with Gasteiger partial charge in [-0.25, -0.2) is 0 Å². The summed E-state index contributed by atoms with van der Waals surface area (Å²) in [6.07, 6.45) is 27.4. The highest BCUT2D eigenvalue weighted by Gasteiger charge is 2.44. The van der Waals surface area contributed by atoms with Crippen molar-refractivity contribution in [1.82, 2.24) is 0 Å². The second kappa shape index (κ2) is 36.1. The number of unbranched alkanes of at least 4 members (excludes halogenated alkanes) is 20. The number of carbonyl (C=O) groups is 2. The molecule has 0 aromatic heterocycles. The second-order valence-electron chi connectivity index (χ2n) is 15.0. The molecule has 0 aromatic rings. The molecule has 0 spiro atoms. The van der Waals surface area contributed by atoms with Gasteiger partial charge in [-0.15, -0.1) is 11.5 Å². The second-order valence-corrected chi connectivity index (χ2v) is 15.0. The molecule has 0 saturated carbocycles. The van der Waals surface area contributed by atoms with Gasteiger partial charge in [0.25, 0.3) is 0 Å². The van der Waals surface area contributed by atoms with Gasteiger partial charge in [0.2, 0.25) is 0 Å². The van der Waals surface area contributed by atoms with Crippen molar-refractivity contribution < 1.29 is 49.0 Å². The molecule has 1 rings (SSSR count). The van der Waals surface area contributed by atoms with Crippen LogP contribution in [0.4, 0.5) is 0 Å². The van der Waals surface area contributed by atoms with Gasteiger partial charge >= 0.3 is 11.9 Å². The highest BCUT2D eigenvalue weighted by molar-refractivity contribution is 5.70. The Kier molecular flexibility index (Phi) is 33.3. The minimum absolute atomic E-state index is 0.205. The molecule has 0 bridgehead atoms. The lowest BCUT2D eigenvalue weighted by atomic mass is 9.99. The molecular weight excluding hydrogens is 700 g/mol. The summed E-state index contributed by atoms with van der Waals surface area (Å²) in [5.74, 6) is -0.849. The highest BCUT2D eigenvalue weighted by atomic mass is 16.7. The fourth-order valence-electron chi connectivity index (χ4n) is 6.32. The molecule has 1 heterocycles. The third-order valence-corrected chi connectivity index (χ3v) is 9.86. The minimum Gasteiger partial charge on any atom is -0.462 e. The Hall–Kier alpha value is -2.26. The van der Waals surface area contributed by atoms with Crippen LogP contribution in [0, 0.1) is 0 Å². The van der Waals surface area contributed by atoms with Crippen LogP contribution < -0.4 is 0 Å². The van der Waals surface area contributed by atoms with Gasteiger partial charge in [-0.1, -0.05) is 104 Å². The van der Waals surface area contributed by atoms with Crippen molar-refractivity contribution in [2.45, 2.75) is 218 Å². The maximum Gasteiger partial charge on any atom is 0.306 e. The fraction of sp³-hybridized carbons (Fsp3) is 0.822. The summed E-state index contributed by atoms with van der Waals surface area (Å²) in [7, 11) is 0. The molecule has 318 valence electrons. The maximum atomic E-state index is 12.7. The number of aliphatic hydroxyl groups excluding tert-OH is 4. The Labute approximate surface area is 333 Å². The van der Waals surface area contributed by atoms with Crippen molar-refractivity contribution in [3.8, 4) is 0 Å². The summed E-state index contributed by atoms with van der Waals surface area (Å²) in [6.45, 7) is 3.34. The number of aliphatic hydroxyl groups is 4. The van der Waals surface area contributed by atoms with Gasteiger partial charge in [-0.05, 0) is 88.5 Å². The molecule has 1 aliphatic rings. The van der Waals surface area contributed by atoms with Crippen LogP contribution >= 0.6 is 0 Å². The van der Waals surface area contributed by atoms with Gasteiger partial charge in [-0.2, -0.15) is 0 Å². The zero-order valence-electron chi connectivity index (χ0n) is 34.5. The molecule has 6 atom stereocenters. The molecule has 0 radical (unpaired) electrons. The van der Waals surface area contributed by atoms with Crippen molar-refractivity contribution in [1.29, 1.82) is 0 Å². The van der Waals surface area contributed by atoms with E-state index in [4.69, 9.17) is 18.9 Å². The number of hydrogen-bond donors (Lipinski definition) is 4. The molecule has 10 nitrogen and oxygen atoms in total. The number of rotatable bonds is 35. The Morgan fingerprint density at radius 2 is 1.02 bits per heavy atom. The van der Waals surface area contributed by atoms with Gasteiger partial charge in [-0.3, -0.25) is 9.59 Å². The largest absolute Gasteiger partial charge is 0.462 e. The molecule has 0 aromatic carbocycles. The Balaban J connectivity index is 2.39. The Bertz CT molecular complexity index is 1060. The van der Waals surface area contributed by atoms with Gasteiger partial charge in [0.15, 0.2) is 12.4 Å². The Morgan fingerprint density at radius 3 is 1.49 bits per heavy atom. The topological polar surface area (TPSA) is 152 Å². The van der Waals surface area contributed by atoms with E-state index in [0.29, 0.717) is 12.8 Å². The van der Waals surface area contributed by atoms with E-state index in [9.17, 15) is 30.0 Å². The molecule has 0 amide bonds. The maximum absolute atomic E-state index is 12.7. The van der Waals surface area contributed by atoms with Crippen molar-refractivity contribution in [3.05, 3.63) is 35.8 Å². The normalized spacial score (nSPS) is 19.9. The molecule has 1 saturated heterocycles. The number of ether oxygens (including phenoxy) is 4.